The van der Waals surface area contributed by atoms with Crippen molar-refractivity contribution in [2.45, 2.75) is 38.6 Å². The van der Waals surface area contributed by atoms with Gasteiger partial charge in [-0.05, 0) is 31.7 Å². The quantitative estimate of drug-likeness (QED) is 0.670. The van der Waals surface area contributed by atoms with Crippen molar-refractivity contribution in [3.63, 3.8) is 0 Å². The van der Waals surface area contributed by atoms with Gasteiger partial charge in [-0.25, -0.2) is 0 Å². The van der Waals surface area contributed by atoms with Gasteiger partial charge >= 0.3 is 0 Å². The molecule has 0 saturated heterocycles. The van der Waals surface area contributed by atoms with E-state index in [1.54, 1.807) is 0 Å². The van der Waals surface area contributed by atoms with Crippen LogP contribution in [0.5, 0.6) is 0 Å². The molecule has 1 aliphatic rings. The number of rotatable bonds is 6. The van der Waals surface area contributed by atoms with Gasteiger partial charge in [-0.3, -0.25) is 4.79 Å². The number of nitrogens with zero attached hydrogens (tertiary/aromatic N) is 1. The normalized spacial score (nSPS) is 18.3. The van der Waals surface area contributed by atoms with Crippen molar-refractivity contribution in [3.05, 3.63) is 0 Å². The molecule has 1 aliphatic carbocycles. The summed E-state index contributed by atoms with van der Waals surface area (Å²) >= 11 is 0. The third-order valence-corrected chi connectivity index (χ3v) is 3.10. The fraction of sp³-hybridized carbons (Fsp3) is 0.909. The van der Waals surface area contributed by atoms with Gasteiger partial charge in [0.2, 0.25) is 5.91 Å². The van der Waals surface area contributed by atoms with Crippen LogP contribution in [0.25, 0.3) is 0 Å². The van der Waals surface area contributed by atoms with E-state index < -0.39 is 0 Å². The minimum Gasteiger partial charge on any atom is -0.395 e. The summed E-state index contributed by atoms with van der Waals surface area (Å²) in [6.07, 6.45) is 3.88. The van der Waals surface area contributed by atoms with E-state index in [9.17, 15) is 4.79 Å². The fourth-order valence-electron chi connectivity index (χ4n) is 1.82. The number of hydrogen-bond donors (Lipinski definition) is 2. The van der Waals surface area contributed by atoms with Crippen molar-refractivity contribution in [3.8, 4) is 0 Å². The lowest BCUT2D eigenvalue weighted by molar-refractivity contribution is -0.136. The summed E-state index contributed by atoms with van der Waals surface area (Å²) in [5, 5.41) is 8.93. The Hall–Kier alpha value is -0.610. The smallest absolute Gasteiger partial charge is 0.223 e. The molecule has 0 aliphatic heterocycles. The Morgan fingerprint density at radius 2 is 2.27 bits per heavy atom. The van der Waals surface area contributed by atoms with Gasteiger partial charge in [0.05, 0.1) is 6.61 Å². The van der Waals surface area contributed by atoms with E-state index >= 15 is 0 Å². The second-order valence-electron chi connectivity index (χ2n) is 4.44. The largest absolute Gasteiger partial charge is 0.395 e. The van der Waals surface area contributed by atoms with E-state index in [1.165, 1.54) is 6.42 Å². The van der Waals surface area contributed by atoms with Crippen LogP contribution in [0.1, 0.15) is 32.6 Å². The van der Waals surface area contributed by atoms with Gasteiger partial charge in [-0.15, -0.1) is 0 Å². The Labute approximate surface area is 91.4 Å². The highest BCUT2D eigenvalue weighted by atomic mass is 16.3. The maximum atomic E-state index is 11.9. The average molecular weight is 214 g/mol. The highest BCUT2D eigenvalue weighted by Gasteiger charge is 2.28. The molecular weight excluding hydrogens is 192 g/mol. The first kappa shape index (κ1) is 12.5. The molecule has 4 nitrogen and oxygen atoms in total. The molecule has 1 saturated carbocycles. The molecular formula is C11H22N2O2. The van der Waals surface area contributed by atoms with Crippen molar-refractivity contribution < 1.29 is 9.90 Å². The van der Waals surface area contributed by atoms with Gasteiger partial charge in [0.15, 0.2) is 0 Å². The lowest BCUT2D eigenvalue weighted by Crippen LogP contribution is -2.46. The van der Waals surface area contributed by atoms with Gasteiger partial charge < -0.3 is 15.7 Å². The zero-order chi connectivity index (χ0) is 11.3. The molecule has 3 N–H and O–H groups in total. The number of hydrogen-bond acceptors (Lipinski definition) is 3. The molecule has 0 aromatic heterocycles. The summed E-state index contributed by atoms with van der Waals surface area (Å²) < 4.78 is 0. The van der Waals surface area contributed by atoms with Crippen LogP contribution in [0, 0.1) is 5.92 Å². The topological polar surface area (TPSA) is 66.6 Å². The van der Waals surface area contributed by atoms with E-state index in [4.69, 9.17) is 10.8 Å². The first-order valence-corrected chi connectivity index (χ1v) is 5.79. The van der Waals surface area contributed by atoms with Gasteiger partial charge in [0.25, 0.3) is 0 Å². The zero-order valence-corrected chi connectivity index (χ0v) is 9.48. The second kappa shape index (κ2) is 6.08. The number of nitrogens with two attached hydrogens (primary N) is 1. The van der Waals surface area contributed by atoms with Crippen LogP contribution in [0.2, 0.25) is 0 Å². The highest BCUT2D eigenvalue weighted by molar-refractivity contribution is 5.76. The van der Waals surface area contributed by atoms with Gasteiger partial charge in [0, 0.05) is 19.0 Å². The van der Waals surface area contributed by atoms with E-state index in [2.05, 4.69) is 0 Å². The number of aliphatic hydroxyl groups excluding tert-OH is 1. The van der Waals surface area contributed by atoms with Gasteiger partial charge in [0.1, 0.15) is 0 Å². The zero-order valence-electron chi connectivity index (χ0n) is 9.48. The van der Waals surface area contributed by atoms with Crippen molar-refractivity contribution in [2.24, 2.45) is 11.7 Å². The number of aliphatic hydroxyl groups is 1. The summed E-state index contributed by atoms with van der Waals surface area (Å²) in [5.74, 6) is 0.380. The van der Waals surface area contributed by atoms with Gasteiger partial charge in [-0.1, -0.05) is 6.92 Å². The van der Waals surface area contributed by atoms with E-state index in [-0.39, 0.29) is 18.4 Å². The first-order chi connectivity index (χ1) is 7.19. The molecule has 1 unspecified atom stereocenters. The number of amides is 1. The Bertz CT molecular complexity index is 205. The Morgan fingerprint density at radius 1 is 1.60 bits per heavy atom. The van der Waals surface area contributed by atoms with Crippen LogP contribution in [-0.4, -0.2) is 41.7 Å². The SMILES string of the molecule is CC(CN)CC(=O)N(CCO)C1CCC1. The highest BCUT2D eigenvalue weighted by Crippen LogP contribution is 2.25. The summed E-state index contributed by atoms with van der Waals surface area (Å²) in [7, 11) is 0. The summed E-state index contributed by atoms with van der Waals surface area (Å²) in [4.78, 5) is 13.7. The molecule has 0 radical (unpaired) electrons. The van der Waals surface area contributed by atoms with Crippen molar-refractivity contribution in [1.29, 1.82) is 0 Å². The third kappa shape index (κ3) is 3.47. The minimum absolute atomic E-state index is 0.0548. The predicted octanol–water partition coefficient (Wildman–Crippen LogP) is 0.345. The van der Waals surface area contributed by atoms with E-state index in [0.717, 1.165) is 12.8 Å². The van der Waals surface area contributed by atoms with Gasteiger partial charge in [-0.2, -0.15) is 0 Å². The van der Waals surface area contributed by atoms with Crippen LogP contribution >= 0.6 is 0 Å². The van der Waals surface area contributed by atoms with E-state index in [0.29, 0.717) is 25.6 Å². The van der Waals surface area contributed by atoms with Crippen molar-refractivity contribution in [2.75, 3.05) is 19.7 Å². The maximum Gasteiger partial charge on any atom is 0.223 e. The maximum absolute atomic E-state index is 11.9. The third-order valence-electron chi connectivity index (χ3n) is 3.10. The molecule has 88 valence electrons. The molecule has 0 aromatic rings. The fourth-order valence-corrected chi connectivity index (χ4v) is 1.82. The molecule has 0 bridgehead atoms. The van der Waals surface area contributed by atoms with Crippen LogP contribution in [0.15, 0.2) is 0 Å². The molecule has 0 heterocycles. The summed E-state index contributed by atoms with van der Waals surface area (Å²) in [6, 6.07) is 0.370. The molecule has 1 atom stereocenters. The number of carbonyl (C=O) groups excluding carboxylic acids is 1. The molecule has 1 fully saturated rings. The molecule has 4 heteroatoms. The Balaban J connectivity index is 2.43. The first-order valence-electron chi connectivity index (χ1n) is 5.79. The second-order valence-corrected chi connectivity index (χ2v) is 4.44. The lowest BCUT2D eigenvalue weighted by atomic mass is 9.91. The monoisotopic (exact) mass is 214 g/mol. The minimum atomic E-state index is 0.0548. The van der Waals surface area contributed by atoms with Crippen LogP contribution < -0.4 is 5.73 Å². The average Bonchev–Trinajstić information content (AvgIpc) is 2.14. The van der Waals surface area contributed by atoms with Crippen LogP contribution in [0.4, 0.5) is 0 Å². The lowest BCUT2D eigenvalue weighted by Gasteiger charge is -2.37. The Morgan fingerprint density at radius 3 is 2.67 bits per heavy atom. The molecule has 1 amide bonds. The summed E-state index contributed by atoms with van der Waals surface area (Å²) in [5.41, 5.74) is 5.50. The molecule has 0 spiro atoms. The number of carbonyl (C=O) groups is 1. The Kier molecular flexibility index (Phi) is 5.05. The predicted molar refractivity (Wildman–Crippen MR) is 59.3 cm³/mol. The van der Waals surface area contributed by atoms with Crippen molar-refractivity contribution in [1.82, 2.24) is 4.90 Å². The molecule has 1 rings (SSSR count). The molecule has 15 heavy (non-hydrogen) atoms. The van der Waals surface area contributed by atoms with Crippen molar-refractivity contribution >= 4 is 5.91 Å². The summed E-state index contributed by atoms with van der Waals surface area (Å²) in [6.45, 7) is 3.05. The molecule has 0 aromatic carbocycles. The van der Waals surface area contributed by atoms with E-state index in [1.807, 2.05) is 11.8 Å². The standard InChI is InChI=1S/C11H22N2O2/c1-9(8-12)7-11(15)13(5-6-14)10-3-2-4-10/h9-10,14H,2-8,12H2,1H3. The van der Waals surface area contributed by atoms with Crippen LogP contribution in [-0.2, 0) is 4.79 Å². The van der Waals surface area contributed by atoms with Crippen LogP contribution in [0.3, 0.4) is 0 Å².